The molecule has 0 bridgehead atoms. The number of hydrogen-bond acceptors (Lipinski definition) is 5. The second-order valence-electron chi connectivity index (χ2n) is 7.20. The van der Waals surface area contributed by atoms with Gasteiger partial charge in [-0.15, -0.1) is 11.3 Å². The van der Waals surface area contributed by atoms with Crippen LogP contribution in [0.4, 0.5) is 0 Å². The fourth-order valence-corrected chi connectivity index (χ4v) is 5.06. The molecule has 0 aliphatic carbocycles. The van der Waals surface area contributed by atoms with E-state index in [9.17, 15) is 9.59 Å². The lowest BCUT2D eigenvalue weighted by atomic mass is 9.97. The third-order valence-electron chi connectivity index (χ3n) is 5.48. The third-order valence-corrected chi connectivity index (χ3v) is 6.68. The topological polar surface area (TPSA) is 75.3 Å². The van der Waals surface area contributed by atoms with Crippen molar-refractivity contribution in [2.24, 2.45) is 0 Å². The zero-order valence-electron chi connectivity index (χ0n) is 16.2. The number of likely N-dealkylation sites (tertiary alicyclic amines) is 1. The molecule has 28 heavy (non-hydrogen) atoms. The molecule has 1 fully saturated rings. The molecule has 1 amide bonds. The number of hydrogen-bond donors (Lipinski definition) is 1. The first-order valence-corrected chi connectivity index (χ1v) is 10.2. The molecule has 3 heterocycles. The van der Waals surface area contributed by atoms with E-state index in [0.717, 1.165) is 23.4 Å². The van der Waals surface area contributed by atoms with Crippen LogP contribution in [0.15, 0.2) is 24.3 Å². The van der Waals surface area contributed by atoms with E-state index in [1.165, 1.54) is 11.8 Å². The van der Waals surface area contributed by atoms with E-state index in [-0.39, 0.29) is 5.91 Å². The van der Waals surface area contributed by atoms with E-state index in [1.54, 1.807) is 25.2 Å². The van der Waals surface area contributed by atoms with Crippen LogP contribution < -0.4 is 0 Å². The van der Waals surface area contributed by atoms with E-state index >= 15 is 0 Å². The van der Waals surface area contributed by atoms with Gasteiger partial charge in [-0.3, -0.25) is 4.79 Å². The number of para-hydroxylation sites is 1. The van der Waals surface area contributed by atoms with Gasteiger partial charge < -0.3 is 14.6 Å². The zero-order valence-corrected chi connectivity index (χ0v) is 17.1. The van der Waals surface area contributed by atoms with Crippen molar-refractivity contribution in [2.45, 2.75) is 32.6 Å². The smallest absolute Gasteiger partial charge is 0.339 e. The molecule has 0 spiro atoms. The number of amides is 1. The van der Waals surface area contributed by atoms with Gasteiger partial charge in [-0.05, 0) is 44.4 Å². The average Bonchev–Trinajstić information content (AvgIpc) is 3.27. The van der Waals surface area contributed by atoms with Crippen LogP contribution in [0.3, 0.4) is 0 Å². The predicted octanol–water partition coefficient (Wildman–Crippen LogP) is 4.05. The molecule has 6 nitrogen and oxygen atoms in total. The van der Waals surface area contributed by atoms with Crippen LogP contribution in [-0.4, -0.2) is 46.9 Å². The monoisotopic (exact) mass is 397 g/mol. The van der Waals surface area contributed by atoms with Gasteiger partial charge in [-0.2, -0.15) is 0 Å². The summed E-state index contributed by atoms with van der Waals surface area (Å²) in [6, 6.07) is 8.19. The van der Waals surface area contributed by atoms with Gasteiger partial charge in [0.05, 0.1) is 27.9 Å². The van der Waals surface area contributed by atoms with Gasteiger partial charge in [-0.25, -0.2) is 9.78 Å². The van der Waals surface area contributed by atoms with Crippen molar-refractivity contribution in [3.8, 4) is 0 Å². The number of H-pyrrole nitrogens is 1. The Labute approximate surface area is 167 Å². The van der Waals surface area contributed by atoms with Gasteiger partial charge in [0.25, 0.3) is 5.91 Å². The number of ether oxygens (including phenoxy) is 1. The largest absolute Gasteiger partial charge is 0.465 e. The van der Waals surface area contributed by atoms with Crippen molar-refractivity contribution in [3.05, 3.63) is 51.8 Å². The van der Waals surface area contributed by atoms with Crippen molar-refractivity contribution in [3.63, 3.8) is 0 Å². The molecule has 1 aromatic carbocycles. The number of thiazole rings is 1. The van der Waals surface area contributed by atoms with Crippen molar-refractivity contribution in [2.75, 3.05) is 20.2 Å². The number of nitrogens with zero attached hydrogens (tertiary/aromatic N) is 2. The van der Waals surface area contributed by atoms with Crippen molar-refractivity contribution in [1.29, 1.82) is 0 Å². The highest BCUT2D eigenvalue weighted by Gasteiger charge is 2.30. The van der Waals surface area contributed by atoms with Crippen LogP contribution >= 0.6 is 11.3 Å². The van der Waals surface area contributed by atoms with Crippen LogP contribution in [0.1, 0.15) is 55.9 Å². The van der Waals surface area contributed by atoms with E-state index < -0.39 is 5.97 Å². The Bertz CT molecular complexity index is 1010. The number of esters is 1. The van der Waals surface area contributed by atoms with Gasteiger partial charge in [0, 0.05) is 24.7 Å². The van der Waals surface area contributed by atoms with Crippen molar-refractivity contribution < 1.29 is 14.3 Å². The number of methoxy groups -OCH3 is 1. The number of benzene rings is 1. The summed E-state index contributed by atoms with van der Waals surface area (Å²) >= 11 is 1.75. The summed E-state index contributed by atoms with van der Waals surface area (Å²) in [5, 5.41) is 1.16. The maximum absolute atomic E-state index is 13.0. The Kier molecular flexibility index (Phi) is 4.93. The molecule has 0 atom stereocenters. The summed E-state index contributed by atoms with van der Waals surface area (Å²) in [5.74, 6) is -0.0862. The van der Waals surface area contributed by atoms with Gasteiger partial charge in [-0.1, -0.05) is 12.1 Å². The summed E-state index contributed by atoms with van der Waals surface area (Å²) in [7, 11) is 1.35. The summed E-state index contributed by atoms with van der Waals surface area (Å²) < 4.78 is 6.05. The minimum Gasteiger partial charge on any atom is -0.465 e. The molecule has 1 aliphatic rings. The molecule has 1 aliphatic heterocycles. The first-order valence-electron chi connectivity index (χ1n) is 9.41. The van der Waals surface area contributed by atoms with Crippen LogP contribution in [-0.2, 0) is 4.74 Å². The molecular weight excluding hydrogens is 374 g/mol. The minimum absolute atomic E-state index is 0.0569. The van der Waals surface area contributed by atoms with Crippen LogP contribution in [0.2, 0.25) is 0 Å². The molecule has 0 unspecified atom stereocenters. The number of carbonyl (C=O) groups is 2. The molecule has 3 aromatic rings. The summed E-state index contributed by atoms with van der Waals surface area (Å²) in [6.07, 6.45) is 1.79. The number of aromatic amines is 1. The molecule has 4 rings (SSSR count). The lowest BCUT2D eigenvalue weighted by molar-refractivity contribution is 0.0599. The minimum atomic E-state index is -0.417. The maximum atomic E-state index is 13.0. The number of rotatable bonds is 3. The first kappa shape index (κ1) is 18.7. The highest BCUT2D eigenvalue weighted by molar-refractivity contribution is 7.18. The highest BCUT2D eigenvalue weighted by Crippen LogP contribution is 2.34. The van der Waals surface area contributed by atoms with E-state index in [2.05, 4.69) is 11.1 Å². The van der Waals surface area contributed by atoms with Crippen molar-refractivity contribution in [1.82, 2.24) is 14.9 Å². The summed E-state index contributed by atoms with van der Waals surface area (Å²) in [4.78, 5) is 34.7. The van der Waals surface area contributed by atoms with Gasteiger partial charge in [0.2, 0.25) is 0 Å². The van der Waals surface area contributed by atoms with Gasteiger partial charge in [0.1, 0.15) is 5.69 Å². The predicted molar refractivity (Wildman–Crippen MR) is 109 cm³/mol. The van der Waals surface area contributed by atoms with Crippen LogP contribution in [0, 0.1) is 13.8 Å². The lowest BCUT2D eigenvalue weighted by Crippen LogP contribution is -2.38. The molecule has 1 saturated heterocycles. The maximum Gasteiger partial charge on any atom is 0.339 e. The van der Waals surface area contributed by atoms with Crippen LogP contribution in [0.25, 0.3) is 10.2 Å². The number of nitrogens with one attached hydrogen (secondary N) is 1. The fraction of sp³-hybridized carbons (Fsp3) is 0.381. The molecular formula is C21H23N3O3S. The number of carbonyl (C=O) groups excluding carboxylic acids is 2. The fourth-order valence-electron chi connectivity index (χ4n) is 3.92. The number of aromatic nitrogens is 2. The average molecular weight is 398 g/mol. The zero-order chi connectivity index (χ0) is 19.8. The van der Waals surface area contributed by atoms with Crippen LogP contribution in [0.5, 0.6) is 0 Å². The normalized spacial score (nSPS) is 15.2. The molecule has 0 saturated carbocycles. The molecule has 2 aromatic heterocycles. The Morgan fingerprint density at radius 2 is 1.93 bits per heavy atom. The number of piperidine rings is 1. The van der Waals surface area contributed by atoms with E-state index in [1.807, 2.05) is 23.1 Å². The Balaban J connectivity index is 1.48. The SMILES string of the molecule is COC(=O)c1c(C)[nH]c(C(=O)N2CCC(c3nc4ccccc4s3)CC2)c1C. The lowest BCUT2D eigenvalue weighted by Gasteiger charge is -2.31. The second kappa shape index (κ2) is 7.39. The third kappa shape index (κ3) is 3.20. The van der Waals surface area contributed by atoms with Crippen molar-refractivity contribution >= 4 is 33.4 Å². The first-order chi connectivity index (χ1) is 13.5. The van der Waals surface area contributed by atoms with Gasteiger partial charge >= 0.3 is 5.97 Å². The van der Waals surface area contributed by atoms with E-state index in [4.69, 9.17) is 9.72 Å². The second-order valence-corrected chi connectivity index (χ2v) is 8.27. The molecule has 0 radical (unpaired) electrons. The van der Waals surface area contributed by atoms with Gasteiger partial charge in [0.15, 0.2) is 0 Å². The molecule has 146 valence electrons. The molecule has 1 N–H and O–H groups in total. The Morgan fingerprint density at radius 1 is 1.21 bits per heavy atom. The van der Waals surface area contributed by atoms with E-state index in [0.29, 0.717) is 41.5 Å². The Morgan fingerprint density at radius 3 is 2.61 bits per heavy atom. The molecule has 7 heteroatoms. The number of fused-ring (bicyclic) bond motifs is 1. The highest BCUT2D eigenvalue weighted by atomic mass is 32.1. The summed E-state index contributed by atoms with van der Waals surface area (Å²) in [5.41, 5.74) is 3.31. The standard InChI is InChI=1S/C21H23N3O3S/c1-12-17(21(26)27-3)13(2)22-18(12)20(25)24-10-8-14(9-11-24)19-23-15-6-4-5-7-16(15)28-19/h4-7,14,22H,8-11H2,1-3H3. The summed E-state index contributed by atoms with van der Waals surface area (Å²) in [6.45, 7) is 4.95. The number of aryl methyl sites for hydroxylation is 1. The Hall–Kier alpha value is -2.67. The quantitative estimate of drug-likeness (QED) is 0.677.